The molecule has 0 aromatic heterocycles. The third kappa shape index (κ3) is 3.96. The van der Waals surface area contributed by atoms with Crippen LogP contribution >= 0.6 is 22.6 Å². The van der Waals surface area contributed by atoms with Gasteiger partial charge in [0.25, 0.3) is 0 Å². The summed E-state index contributed by atoms with van der Waals surface area (Å²) in [6.07, 6.45) is 3.81. The van der Waals surface area contributed by atoms with E-state index in [4.69, 9.17) is 0 Å². The summed E-state index contributed by atoms with van der Waals surface area (Å²) in [5, 5.41) is 9.75. The largest absolute Gasteiger partial charge is 0.393 e. The van der Waals surface area contributed by atoms with Gasteiger partial charge in [-0.15, -0.1) is 0 Å². The maximum Gasteiger partial charge on any atom is 0.0580 e. The minimum atomic E-state index is -0.175. The van der Waals surface area contributed by atoms with Crippen molar-refractivity contribution in [3.05, 3.63) is 33.4 Å². The summed E-state index contributed by atoms with van der Waals surface area (Å²) in [4.78, 5) is 0. The third-order valence-corrected chi connectivity index (χ3v) is 3.36. The Bertz CT molecular complexity index is 273. The molecule has 2 heteroatoms. The van der Waals surface area contributed by atoms with Gasteiger partial charge in [0.2, 0.25) is 0 Å². The smallest absolute Gasteiger partial charge is 0.0580 e. The second-order valence-corrected chi connectivity index (χ2v) is 4.75. The molecule has 0 saturated carbocycles. The van der Waals surface area contributed by atoms with Crippen molar-refractivity contribution >= 4 is 22.6 Å². The zero-order valence-corrected chi connectivity index (χ0v) is 10.7. The van der Waals surface area contributed by atoms with Gasteiger partial charge in [0.05, 0.1) is 6.10 Å². The number of hydrogen-bond donors (Lipinski definition) is 1. The Hall–Kier alpha value is -0.0900. The molecule has 0 unspecified atom stereocenters. The lowest BCUT2D eigenvalue weighted by atomic mass is 10.0. The Labute approximate surface area is 99.7 Å². The van der Waals surface area contributed by atoms with E-state index in [1.54, 1.807) is 0 Å². The summed E-state index contributed by atoms with van der Waals surface area (Å²) in [5.41, 5.74) is 1.26. The van der Waals surface area contributed by atoms with Gasteiger partial charge in [-0.05, 0) is 47.1 Å². The SMILES string of the molecule is CCCC[C@H](O)Cc1ccccc1I. The van der Waals surface area contributed by atoms with Crippen molar-refractivity contribution in [2.24, 2.45) is 0 Å². The highest BCUT2D eigenvalue weighted by atomic mass is 127. The fourth-order valence-electron chi connectivity index (χ4n) is 1.46. The summed E-state index contributed by atoms with van der Waals surface area (Å²) in [6.45, 7) is 2.15. The maximum absolute atomic E-state index is 9.75. The van der Waals surface area contributed by atoms with E-state index in [0.29, 0.717) is 0 Å². The van der Waals surface area contributed by atoms with Gasteiger partial charge in [0, 0.05) is 3.57 Å². The first-order chi connectivity index (χ1) is 6.74. The monoisotopic (exact) mass is 304 g/mol. The summed E-state index contributed by atoms with van der Waals surface area (Å²) in [5.74, 6) is 0. The van der Waals surface area contributed by atoms with E-state index in [-0.39, 0.29) is 6.10 Å². The highest BCUT2D eigenvalue weighted by molar-refractivity contribution is 14.1. The van der Waals surface area contributed by atoms with Crippen LogP contribution in [0.1, 0.15) is 31.7 Å². The predicted molar refractivity (Wildman–Crippen MR) is 68.4 cm³/mol. The number of hydrogen-bond acceptors (Lipinski definition) is 1. The Morgan fingerprint density at radius 2 is 2.07 bits per heavy atom. The highest BCUT2D eigenvalue weighted by Crippen LogP contribution is 2.15. The Morgan fingerprint density at radius 1 is 1.36 bits per heavy atom. The van der Waals surface area contributed by atoms with Gasteiger partial charge >= 0.3 is 0 Å². The fraction of sp³-hybridized carbons (Fsp3) is 0.500. The summed E-state index contributed by atoms with van der Waals surface area (Å²) < 4.78 is 1.25. The molecule has 0 aliphatic heterocycles. The molecule has 0 heterocycles. The van der Waals surface area contributed by atoms with Crippen LogP contribution in [0.25, 0.3) is 0 Å². The molecule has 0 saturated heterocycles. The van der Waals surface area contributed by atoms with Gasteiger partial charge in [-0.3, -0.25) is 0 Å². The zero-order valence-electron chi connectivity index (χ0n) is 8.54. The maximum atomic E-state index is 9.75. The molecule has 1 aromatic carbocycles. The molecule has 1 atom stereocenters. The van der Waals surface area contributed by atoms with E-state index in [1.807, 2.05) is 12.1 Å². The normalized spacial score (nSPS) is 12.8. The van der Waals surface area contributed by atoms with Gasteiger partial charge in [0.1, 0.15) is 0 Å². The minimum Gasteiger partial charge on any atom is -0.393 e. The van der Waals surface area contributed by atoms with E-state index in [2.05, 4.69) is 41.6 Å². The van der Waals surface area contributed by atoms with Crippen molar-refractivity contribution in [3.63, 3.8) is 0 Å². The van der Waals surface area contributed by atoms with Crippen molar-refractivity contribution in [1.82, 2.24) is 0 Å². The first-order valence-corrected chi connectivity index (χ1v) is 6.23. The number of unbranched alkanes of at least 4 members (excludes halogenated alkanes) is 1. The van der Waals surface area contributed by atoms with Crippen LogP contribution < -0.4 is 0 Å². The lowest BCUT2D eigenvalue weighted by Gasteiger charge is -2.10. The molecule has 0 fully saturated rings. The Balaban J connectivity index is 2.47. The highest BCUT2D eigenvalue weighted by Gasteiger charge is 2.06. The molecule has 1 nitrogen and oxygen atoms in total. The standard InChI is InChI=1S/C12H17IO/c1-2-3-7-11(14)9-10-6-4-5-8-12(10)13/h4-6,8,11,14H,2-3,7,9H2,1H3/t11-/m0/s1. The predicted octanol–water partition coefficient (Wildman–Crippen LogP) is 3.38. The molecule has 1 N–H and O–H groups in total. The minimum absolute atomic E-state index is 0.175. The molecule has 78 valence electrons. The number of aliphatic hydroxyl groups is 1. The molecular formula is C12H17IO. The van der Waals surface area contributed by atoms with Crippen LogP contribution in [0.4, 0.5) is 0 Å². The number of halogens is 1. The van der Waals surface area contributed by atoms with Crippen molar-refractivity contribution < 1.29 is 5.11 Å². The lowest BCUT2D eigenvalue weighted by molar-refractivity contribution is 0.161. The first-order valence-electron chi connectivity index (χ1n) is 5.15. The van der Waals surface area contributed by atoms with Crippen LogP contribution in [0, 0.1) is 3.57 Å². The van der Waals surface area contributed by atoms with Crippen molar-refractivity contribution in [3.8, 4) is 0 Å². The second-order valence-electron chi connectivity index (χ2n) is 3.59. The fourth-order valence-corrected chi connectivity index (χ4v) is 2.07. The van der Waals surface area contributed by atoms with E-state index < -0.39 is 0 Å². The molecule has 0 aliphatic carbocycles. The van der Waals surface area contributed by atoms with Gasteiger partial charge in [-0.1, -0.05) is 38.0 Å². The van der Waals surface area contributed by atoms with Crippen molar-refractivity contribution in [2.75, 3.05) is 0 Å². The first kappa shape index (κ1) is 12.0. The van der Waals surface area contributed by atoms with Gasteiger partial charge in [0.15, 0.2) is 0 Å². The van der Waals surface area contributed by atoms with E-state index >= 15 is 0 Å². The molecule has 14 heavy (non-hydrogen) atoms. The number of aliphatic hydroxyl groups excluding tert-OH is 1. The molecule has 1 rings (SSSR count). The molecular weight excluding hydrogens is 287 g/mol. The lowest BCUT2D eigenvalue weighted by Crippen LogP contribution is -2.10. The zero-order chi connectivity index (χ0) is 10.4. The topological polar surface area (TPSA) is 20.2 Å². The quantitative estimate of drug-likeness (QED) is 0.827. The van der Waals surface area contributed by atoms with Crippen molar-refractivity contribution in [2.45, 2.75) is 38.7 Å². The van der Waals surface area contributed by atoms with Crippen LogP contribution in [0.15, 0.2) is 24.3 Å². The molecule has 1 aromatic rings. The molecule has 0 aliphatic rings. The third-order valence-electron chi connectivity index (χ3n) is 2.30. The van der Waals surface area contributed by atoms with Crippen LogP contribution in [-0.2, 0) is 6.42 Å². The average Bonchev–Trinajstić information content (AvgIpc) is 2.18. The number of benzene rings is 1. The van der Waals surface area contributed by atoms with Crippen molar-refractivity contribution in [1.29, 1.82) is 0 Å². The van der Waals surface area contributed by atoms with Crippen LogP contribution in [-0.4, -0.2) is 11.2 Å². The number of rotatable bonds is 5. The Kier molecular flexibility index (Phi) is 5.48. The average molecular weight is 304 g/mol. The van der Waals surface area contributed by atoms with Crippen LogP contribution in [0.5, 0.6) is 0 Å². The van der Waals surface area contributed by atoms with Crippen LogP contribution in [0.3, 0.4) is 0 Å². The summed E-state index contributed by atoms with van der Waals surface area (Å²) in [6, 6.07) is 8.24. The van der Waals surface area contributed by atoms with Gasteiger partial charge < -0.3 is 5.11 Å². The summed E-state index contributed by atoms with van der Waals surface area (Å²) in [7, 11) is 0. The molecule has 0 radical (unpaired) electrons. The molecule has 0 spiro atoms. The second kappa shape index (κ2) is 6.40. The van der Waals surface area contributed by atoms with E-state index in [0.717, 1.165) is 25.7 Å². The van der Waals surface area contributed by atoms with Gasteiger partial charge in [-0.25, -0.2) is 0 Å². The summed E-state index contributed by atoms with van der Waals surface area (Å²) >= 11 is 2.32. The van der Waals surface area contributed by atoms with E-state index in [9.17, 15) is 5.11 Å². The van der Waals surface area contributed by atoms with Gasteiger partial charge in [-0.2, -0.15) is 0 Å². The molecule has 0 amide bonds. The Morgan fingerprint density at radius 3 is 2.71 bits per heavy atom. The molecule has 0 bridgehead atoms. The van der Waals surface area contributed by atoms with Crippen LogP contribution in [0.2, 0.25) is 0 Å². The van der Waals surface area contributed by atoms with E-state index in [1.165, 1.54) is 9.13 Å².